The van der Waals surface area contributed by atoms with Crippen LogP contribution in [0.25, 0.3) is 0 Å². The number of para-hydroxylation sites is 1. The van der Waals surface area contributed by atoms with E-state index in [2.05, 4.69) is 93.6 Å². The zero-order valence-electron chi connectivity index (χ0n) is 30.8. The Morgan fingerprint density at radius 1 is 0.362 bits per heavy atom. The van der Waals surface area contributed by atoms with E-state index in [0.29, 0.717) is 0 Å². The number of hydrogen-bond donors (Lipinski definition) is 0. The maximum absolute atomic E-state index is 7.32. The average Bonchev–Trinajstić information content (AvgIpc) is 3.10. The summed E-state index contributed by atoms with van der Waals surface area (Å²) < 4.78 is 7.32. The number of rotatable bonds is 28. The van der Waals surface area contributed by atoms with Crippen LogP contribution in [0.3, 0.4) is 0 Å². The molecule has 3 rings (SSSR count). The largest absolute Gasteiger partial charge is 0.464 e. The highest BCUT2D eigenvalue weighted by Gasteiger charge is 2.24. The highest BCUT2D eigenvalue weighted by molar-refractivity contribution is 7.69. The molecule has 2 heteroatoms. The van der Waals surface area contributed by atoms with Gasteiger partial charge in [-0.1, -0.05) is 203 Å². The predicted octanol–water partition coefficient (Wildman–Crippen LogP) is 14.0. The van der Waals surface area contributed by atoms with Crippen molar-refractivity contribution < 1.29 is 4.52 Å². The molecule has 47 heavy (non-hydrogen) atoms. The molecule has 0 aliphatic heterocycles. The molecule has 3 aromatic rings. The van der Waals surface area contributed by atoms with Gasteiger partial charge in [-0.25, -0.2) is 0 Å². The molecule has 3 aromatic carbocycles. The molecular formula is C45H69OP. The first-order valence-electron chi connectivity index (χ1n) is 20.0. The molecule has 0 aromatic heterocycles. The molecule has 0 spiro atoms. The van der Waals surface area contributed by atoms with Crippen LogP contribution in [0.4, 0.5) is 0 Å². The molecule has 0 aliphatic carbocycles. The fraction of sp³-hybridized carbons (Fsp3) is 0.600. The summed E-state index contributed by atoms with van der Waals surface area (Å²) in [5.74, 6) is 1.10. The Hall–Kier alpha value is -2.11. The van der Waals surface area contributed by atoms with E-state index in [9.17, 15) is 0 Å². The van der Waals surface area contributed by atoms with Crippen LogP contribution in [0.15, 0.2) is 72.8 Å². The summed E-state index contributed by atoms with van der Waals surface area (Å²) in [5, 5.41) is 2.84. The molecule has 0 atom stereocenters. The second kappa shape index (κ2) is 25.8. The molecule has 0 fully saturated rings. The maximum Gasteiger partial charge on any atom is 0.151 e. The number of hydrogen-bond acceptors (Lipinski definition) is 1. The summed E-state index contributed by atoms with van der Waals surface area (Å²) in [6, 6.07) is 27.4. The van der Waals surface area contributed by atoms with Gasteiger partial charge in [-0.15, -0.1) is 0 Å². The predicted molar refractivity (Wildman–Crippen MR) is 211 cm³/mol. The van der Waals surface area contributed by atoms with Gasteiger partial charge < -0.3 is 4.52 Å². The first kappa shape index (κ1) is 39.3. The summed E-state index contributed by atoms with van der Waals surface area (Å²) in [5.41, 5.74) is 4.35. The molecule has 0 bridgehead atoms. The van der Waals surface area contributed by atoms with Crippen molar-refractivity contribution in [2.45, 2.75) is 175 Å². The lowest BCUT2D eigenvalue weighted by atomic mass is 10.0. The molecular weight excluding hydrogens is 587 g/mol. The fourth-order valence-corrected chi connectivity index (χ4v) is 8.95. The molecule has 0 unspecified atom stereocenters. The summed E-state index contributed by atoms with van der Waals surface area (Å²) in [6.45, 7) is 6.91. The Morgan fingerprint density at radius 2 is 0.681 bits per heavy atom. The van der Waals surface area contributed by atoms with E-state index in [1.54, 1.807) is 0 Å². The van der Waals surface area contributed by atoms with Crippen LogP contribution in [0.5, 0.6) is 5.75 Å². The van der Waals surface area contributed by atoms with Crippen molar-refractivity contribution >= 4 is 18.8 Å². The van der Waals surface area contributed by atoms with Crippen molar-refractivity contribution in [1.82, 2.24) is 0 Å². The summed E-state index contributed by atoms with van der Waals surface area (Å²) in [7, 11) is -0.979. The van der Waals surface area contributed by atoms with E-state index < -0.39 is 8.15 Å². The van der Waals surface area contributed by atoms with Gasteiger partial charge in [0.1, 0.15) is 5.75 Å². The van der Waals surface area contributed by atoms with Crippen molar-refractivity contribution in [1.29, 1.82) is 0 Å². The van der Waals surface area contributed by atoms with Crippen LogP contribution < -0.4 is 15.1 Å². The highest BCUT2D eigenvalue weighted by Crippen LogP contribution is 2.41. The standard InChI is InChI=1S/C45H69OP/c1-4-7-10-13-16-19-22-31-40-32-25-28-37-43(40)46-47(44-38-29-26-35-41(44)33-23-20-17-14-11-8-5-2)45-39-30-27-36-42(45)34-24-21-18-15-12-9-6-3/h25-30,32,35-39H,4-24,31,33-34H2,1-3H3. The minimum Gasteiger partial charge on any atom is -0.464 e. The molecule has 1 nitrogen and oxygen atoms in total. The van der Waals surface area contributed by atoms with Gasteiger partial charge in [0.05, 0.1) is 0 Å². The van der Waals surface area contributed by atoms with Gasteiger partial charge in [0.25, 0.3) is 0 Å². The van der Waals surface area contributed by atoms with Crippen LogP contribution in [-0.4, -0.2) is 0 Å². The Bertz CT molecular complexity index is 1120. The third kappa shape index (κ3) is 15.8. The van der Waals surface area contributed by atoms with Crippen LogP contribution >= 0.6 is 8.15 Å². The minimum absolute atomic E-state index is 0.979. The molecule has 260 valence electrons. The fourth-order valence-electron chi connectivity index (χ4n) is 6.78. The lowest BCUT2D eigenvalue weighted by Crippen LogP contribution is -2.22. The van der Waals surface area contributed by atoms with Crippen LogP contribution in [0.1, 0.15) is 172 Å². The summed E-state index contributed by atoms with van der Waals surface area (Å²) in [6.07, 6.45) is 31.6. The second-order valence-electron chi connectivity index (χ2n) is 13.9. The lowest BCUT2D eigenvalue weighted by molar-refractivity contribution is 0.578. The molecule has 0 amide bonds. The van der Waals surface area contributed by atoms with Gasteiger partial charge in [-0.3, -0.25) is 0 Å². The quantitative estimate of drug-likeness (QED) is 0.0558. The summed E-state index contributed by atoms with van der Waals surface area (Å²) in [4.78, 5) is 0. The smallest absolute Gasteiger partial charge is 0.151 e. The van der Waals surface area contributed by atoms with Crippen molar-refractivity contribution in [2.75, 3.05) is 0 Å². The monoisotopic (exact) mass is 657 g/mol. The third-order valence-corrected chi connectivity index (χ3v) is 11.9. The first-order valence-corrected chi connectivity index (χ1v) is 21.3. The molecule has 0 saturated heterocycles. The topological polar surface area (TPSA) is 9.23 Å². The molecule has 0 saturated carbocycles. The van der Waals surface area contributed by atoms with E-state index >= 15 is 0 Å². The van der Waals surface area contributed by atoms with E-state index in [1.807, 2.05) is 0 Å². The van der Waals surface area contributed by atoms with E-state index in [1.165, 1.54) is 162 Å². The molecule has 0 aliphatic rings. The highest BCUT2D eigenvalue weighted by atomic mass is 31.1. The van der Waals surface area contributed by atoms with Crippen LogP contribution in [0, 0.1) is 0 Å². The number of unbranched alkanes of at least 4 members (excludes halogenated alkanes) is 18. The normalized spacial score (nSPS) is 11.4. The van der Waals surface area contributed by atoms with Crippen LogP contribution in [0.2, 0.25) is 0 Å². The molecule has 0 radical (unpaired) electrons. The van der Waals surface area contributed by atoms with E-state index in [4.69, 9.17) is 4.52 Å². The van der Waals surface area contributed by atoms with Gasteiger partial charge >= 0.3 is 0 Å². The van der Waals surface area contributed by atoms with E-state index in [-0.39, 0.29) is 0 Å². The van der Waals surface area contributed by atoms with Gasteiger partial charge in [0, 0.05) is 10.6 Å². The lowest BCUT2D eigenvalue weighted by Gasteiger charge is -2.25. The van der Waals surface area contributed by atoms with Crippen molar-refractivity contribution in [3.05, 3.63) is 89.5 Å². The first-order chi connectivity index (χ1) is 23.3. The van der Waals surface area contributed by atoms with E-state index in [0.717, 1.165) is 25.0 Å². The van der Waals surface area contributed by atoms with Gasteiger partial charge in [-0.2, -0.15) is 0 Å². The maximum atomic E-state index is 7.32. The Labute approximate surface area is 292 Å². The van der Waals surface area contributed by atoms with Gasteiger partial charge in [0.15, 0.2) is 8.15 Å². The van der Waals surface area contributed by atoms with Crippen molar-refractivity contribution in [2.24, 2.45) is 0 Å². The Balaban J connectivity index is 1.80. The van der Waals surface area contributed by atoms with Gasteiger partial charge in [-0.05, 0) is 61.3 Å². The average molecular weight is 657 g/mol. The molecule has 0 N–H and O–H groups in total. The van der Waals surface area contributed by atoms with Gasteiger partial charge in [0.2, 0.25) is 0 Å². The SMILES string of the molecule is CCCCCCCCCc1ccccc1OP(c1ccccc1CCCCCCCCC)c1ccccc1CCCCCCCCC. The zero-order valence-corrected chi connectivity index (χ0v) is 31.6. The van der Waals surface area contributed by atoms with Crippen LogP contribution in [-0.2, 0) is 19.3 Å². The Kier molecular flexibility index (Phi) is 21.6. The minimum atomic E-state index is -0.979. The Morgan fingerprint density at radius 3 is 1.11 bits per heavy atom. The van der Waals surface area contributed by atoms with Crippen molar-refractivity contribution in [3.63, 3.8) is 0 Å². The number of aryl methyl sites for hydroxylation is 3. The van der Waals surface area contributed by atoms with Crippen molar-refractivity contribution in [3.8, 4) is 5.75 Å². The number of benzene rings is 3. The third-order valence-electron chi connectivity index (χ3n) is 9.73. The molecule has 0 heterocycles. The summed E-state index contributed by atoms with van der Waals surface area (Å²) >= 11 is 0. The second-order valence-corrected chi connectivity index (χ2v) is 15.6. The zero-order chi connectivity index (χ0) is 33.2.